The number of pyridine rings is 1. The van der Waals surface area contributed by atoms with Gasteiger partial charge in [-0.25, -0.2) is 0 Å². The average Bonchev–Trinajstić information content (AvgIpc) is 2.28. The van der Waals surface area contributed by atoms with Crippen molar-refractivity contribution in [3.05, 3.63) is 34.5 Å². The lowest BCUT2D eigenvalue weighted by atomic mass is 9.95. The highest BCUT2D eigenvalue weighted by atomic mass is 15.2. The molecule has 0 unspecified atom stereocenters. The zero-order chi connectivity index (χ0) is 13.4. The largest absolute Gasteiger partial charge is 0.323 e. The first-order chi connectivity index (χ1) is 8.45. The van der Waals surface area contributed by atoms with Crippen molar-refractivity contribution in [3.8, 4) is 0 Å². The SMILES string of the molecule is Cc1cc(C)c2nc(C)c(C(C)C)c(NN)c2c1. The molecule has 18 heavy (non-hydrogen) atoms. The number of nitrogens with one attached hydrogen (secondary N) is 1. The quantitative estimate of drug-likeness (QED) is 0.626. The van der Waals surface area contributed by atoms with Crippen LogP contribution in [0.15, 0.2) is 12.1 Å². The van der Waals surface area contributed by atoms with Crippen LogP contribution < -0.4 is 11.3 Å². The molecule has 3 nitrogen and oxygen atoms in total. The van der Waals surface area contributed by atoms with Crippen LogP contribution in [0.5, 0.6) is 0 Å². The van der Waals surface area contributed by atoms with Gasteiger partial charge in [-0.2, -0.15) is 0 Å². The number of hydrogen-bond donors (Lipinski definition) is 2. The highest BCUT2D eigenvalue weighted by Crippen LogP contribution is 2.34. The first-order valence-electron chi connectivity index (χ1n) is 6.33. The van der Waals surface area contributed by atoms with E-state index in [9.17, 15) is 0 Å². The molecule has 0 aliphatic rings. The van der Waals surface area contributed by atoms with E-state index in [1.54, 1.807) is 0 Å². The summed E-state index contributed by atoms with van der Waals surface area (Å²) in [5.41, 5.74) is 9.61. The lowest BCUT2D eigenvalue weighted by molar-refractivity contribution is 0.848. The van der Waals surface area contributed by atoms with Crippen molar-refractivity contribution in [1.82, 2.24) is 4.98 Å². The number of benzene rings is 1. The molecule has 3 heteroatoms. The molecule has 0 saturated carbocycles. The summed E-state index contributed by atoms with van der Waals surface area (Å²) in [7, 11) is 0. The Balaban J connectivity index is 2.94. The summed E-state index contributed by atoms with van der Waals surface area (Å²) in [5.74, 6) is 6.14. The third kappa shape index (κ3) is 1.95. The highest BCUT2D eigenvalue weighted by Gasteiger charge is 2.15. The number of anilines is 1. The number of hydrogen-bond acceptors (Lipinski definition) is 3. The van der Waals surface area contributed by atoms with Gasteiger partial charge in [0, 0.05) is 16.6 Å². The van der Waals surface area contributed by atoms with E-state index in [1.165, 1.54) is 16.7 Å². The fourth-order valence-electron chi connectivity index (χ4n) is 2.71. The fourth-order valence-corrected chi connectivity index (χ4v) is 2.71. The molecule has 3 N–H and O–H groups in total. The maximum Gasteiger partial charge on any atom is 0.0755 e. The summed E-state index contributed by atoms with van der Waals surface area (Å²) in [4.78, 5) is 4.75. The maximum atomic E-state index is 5.75. The van der Waals surface area contributed by atoms with Crippen LogP contribution in [-0.2, 0) is 0 Å². The van der Waals surface area contributed by atoms with Gasteiger partial charge in [0.05, 0.1) is 11.2 Å². The van der Waals surface area contributed by atoms with Gasteiger partial charge in [-0.3, -0.25) is 10.8 Å². The third-order valence-corrected chi connectivity index (χ3v) is 3.37. The predicted molar refractivity (Wildman–Crippen MR) is 77.9 cm³/mol. The van der Waals surface area contributed by atoms with Crippen molar-refractivity contribution >= 4 is 16.6 Å². The van der Waals surface area contributed by atoms with E-state index in [1.807, 2.05) is 0 Å². The summed E-state index contributed by atoms with van der Waals surface area (Å²) in [5, 5.41) is 1.12. The fraction of sp³-hybridized carbons (Fsp3) is 0.400. The Hall–Kier alpha value is -1.61. The molecule has 2 aromatic rings. The summed E-state index contributed by atoms with van der Waals surface area (Å²) < 4.78 is 0. The van der Waals surface area contributed by atoms with E-state index in [0.717, 1.165) is 22.3 Å². The van der Waals surface area contributed by atoms with Gasteiger partial charge in [-0.15, -0.1) is 0 Å². The third-order valence-electron chi connectivity index (χ3n) is 3.37. The lowest BCUT2D eigenvalue weighted by Crippen LogP contribution is -2.13. The van der Waals surface area contributed by atoms with Gasteiger partial charge in [-0.1, -0.05) is 25.5 Å². The van der Waals surface area contributed by atoms with Gasteiger partial charge in [0.2, 0.25) is 0 Å². The van der Waals surface area contributed by atoms with Gasteiger partial charge in [0.15, 0.2) is 0 Å². The summed E-state index contributed by atoms with van der Waals surface area (Å²) in [6.45, 7) is 10.6. The van der Waals surface area contributed by atoms with E-state index in [2.05, 4.69) is 52.2 Å². The average molecular weight is 243 g/mol. The minimum atomic E-state index is 0.397. The molecule has 0 aliphatic heterocycles. The number of aromatic nitrogens is 1. The highest BCUT2D eigenvalue weighted by molar-refractivity contribution is 5.95. The molecule has 0 amide bonds. The molecule has 1 heterocycles. The molecule has 0 bridgehead atoms. The molecule has 0 fully saturated rings. The number of hydrazine groups is 1. The minimum Gasteiger partial charge on any atom is -0.323 e. The first-order valence-corrected chi connectivity index (χ1v) is 6.33. The predicted octanol–water partition coefficient (Wildman–Crippen LogP) is 3.57. The van der Waals surface area contributed by atoms with Gasteiger partial charge < -0.3 is 5.43 Å². The number of aryl methyl sites for hydroxylation is 3. The normalized spacial score (nSPS) is 11.3. The Morgan fingerprint density at radius 3 is 2.39 bits per heavy atom. The molecule has 0 radical (unpaired) electrons. The van der Waals surface area contributed by atoms with E-state index >= 15 is 0 Å². The molecule has 2 rings (SSSR count). The molecule has 96 valence electrons. The second-order valence-electron chi connectivity index (χ2n) is 5.26. The molecule has 0 aliphatic carbocycles. The molecule has 1 aromatic heterocycles. The number of nitrogens with zero attached hydrogens (tertiary/aromatic N) is 1. The van der Waals surface area contributed by atoms with Crippen LogP contribution in [0.3, 0.4) is 0 Å². The monoisotopic (exact) mass is 243 g/mol. The number of rotatable bonds is 2. The summed E-state index contributed by atoms with van der Waals surface area (Å²) >= 11 is 0. The first kappa shape index (κ1) is 12.8. The smallest absolute Gasteiger partial charge is 0.0755 e. The Morgan fingerprint density at radius 1 is 1.17 bits per heavy atom. The Kier molecular flexibility index (Phi) is 3.26. The van der Waals surface area contributed by atoms with Crippen molar-refractivity contribution < 1.29 is 0 Å². The van der Waals surface area contributed by atoms with Crippen LogP contribution in [0.2, 0.25) is 0 Å². The lowest BCUT2D eigenvalue weighted by Gasteiger charge is -2.18. The molecule has 0 atom stereocenters. The van der Waals surface area contributed by atoms with Crippen molar-refractivity contribution in [2.75, 3.05) is 5.43 Å². The van der Waals surface area contributed by atoms with E-state index in [-0.39, 0.29) is 0 Å². The standard InChI is InChI=1S/C15H21N3/c1-8(2)13-11(5)17-14-10(4)6-9(3)7-12(14)15(13)18-16/h6-8H,16H2,1-5H3,(H,17,18). The van der Waals surface area contributed by atoms with Crippen LogP contribution in [0.25, 0.3) is 10.9 Å². The number of fused-ring (bicyclic) bond motifs is 1. The maximum absolute atomic E-state index is 5.75. The zero-order valence-electron chi connectivity index (χ0n) is 11.8. The molecule has 0 saturated heterocycles. The van der Waals surface area contributed by atoms with Gasteiger partial charge in [0.1, 0.15) is 0 Å². The second kappa shape index (κ2) is 4.58. The van der Waals surface area contributed by atoms with E-state index in [0.29, 0.717) is 5.92 Å². The number of nitrogens with two attached hydrogens (primary N) is 1. The van der Waals surface area contributed by atoms with Gasteiger partial charge >= 0.3 is 0 Å². The van der Waals surface area contributed by atoms with Gasteiger partial charge in [-0.05, 0) is 38.3 Å². The summed E-state index contributed by atoms with van der Waals surface area (Å²) in [6, 6.07) is 4.31. The van der Waals surface area contributed by atoms with Crippen molar-refractivity contribution in [1.29, 1.82) is 0 Å². The Morgan fingerprint density at radius 2 is 1.83 bits per heavy atom. The topological polar surface area (TPSA) is 50.9 Å². The molecule has 0 spiro atoms. The van der Waals surface area contributed by atoms with Crippen molar-refractivity contribution in [2.45, 2.75) is 40.5 Å². The Bertz CT molecular complexity index is 600. The number of nitrogen functional groups attached to an aromatic ring is 1. The Labute approximate surface area is 108 Å². The van der Waals surface area contributed by atoms with Crippen molar-refractivity contribution in [2.24, 2.45) is 5.84 Å². The summed E-state index contributed by atoms with van der Waals surface area (Å²) in [6.07, 6.45) is 0. The molecule has 1 aromatic carbocycles. The van der Waals surface area contributed by atoms with Crippen LogP contribution >= 0.6 is 0 Å². The van der Waals surface area contributed by atoms with Crippen molar-refractivity contribution in [3.63, 3.8) is 0 Å². The van der Waals surface area contributed by atoms with Gasteiger partial charge in [0.25, 0.3) is 0 Å². The van der Waals surface area contributed by atoms with Crippen LogP contribution in [0.4, 0.5) is 5.69 Å². The van der Waals surface area contributed by atoms with Crippen LogP contribution in [0, 0.1) is 20.8 Å². The zero-order valence-corrected chi connectivity index (χ0v) is 11.8. The minimum absolute atomic E-state index is 0.397. The second-order valence-corrected chi connectivity index (χ2v) is 5.26. The molecular formula is C15H21N3. The van der Waals surface area contributed by atoms with E-state index in [4.69, 9.17) is 10.8 Å². The molecular weight excluding hydrogens is 222 g/mol. The van der Waals surface area contributed by atoms with Crippen LogP contribution in [-0.4, -0.2) is 4.98 Å². The van der Waals surface area contributed by atoms with E-state index < -0.39 is 0 Å². The van der Waals surface area contributed by atoms with Crippen LogP contribution in [0.1, 0.15) is 42.1 Å².